The highest BCUT2D eigenvalue weighted by atomic mass is 19.1. The van der Waals surface area contributed by atoms with Crippen molar-refractivity contribution >= 4 is 5.97 Å². The van der Waals surface area contributed by atoms with Crippen LogP contribution in [0.15, 0.2) is 18.2 Å². The topological polar surface area (TPSA) is 70.8 Å². The van der Waals surface area contributed by atoms with Crippen molar-refractivity contribution in [1.29, 1.82) is 0 Å². The highest BCUT2D eigenvalue weighted by molar-refractivity contribution is 5.65. The van der Waals surface area contributed by atoms with E-state index in [2.05, 4.69) is 0 Å². The van der Waals surface area contributed by atoms with Crippen molar-refractivity contribution in [3.05, 3.63) is 29.6 Å². The molecule has 0 aliphatic carbocycles. The van der Waals surface area contributed by atoms with Crippen LogP contribution in [-0.4, -0.2) is 26.5 Å². The number of carbonyl (C=O) groups is 1. The normalized spacial score (nSPS) is 12.0. The van der Waals surface area contributed by atoms with Gasteiger partial charge in [-0.1, -0.05) is 0 Å². The summed E-state index contributed by atoms with van der Waals surface area (Å²) in [7, 11) is 1.47. The van der Waals surface area contributed by atoms with Crippen LogP contribution in [0.1, 0.15) is 18.5 Å². The molecule has 5 nitrogen and oxygen atoms in total. The quantitative estimate of drug-likeness (QED) is 0.615. The Balaban J connectivity index is 2.82. The summed E-state index contributed by atoms with van der Waals surface area (Å²) < 4.78 is 28.0. The zero-order chi connectivity index (χ0) is 13.5. The first-order chi connectivity index (χ1) is 8.54. The zero-order valence-corrected chi connectivity index (χ0v) is 10.3. The van der Waals surface area contributed by atoms with Gasteiger partial charge >= 0.3 is 5.97 Å². The largest absolute Gasteiger partial charge is 0.467 e. The number of halogens is 1. The third-order valence-corrected chi connectivity index (χ3v) is 2.17. The average Bonchev–Trinajstić information content (AvgIpc) is 2.34. The van der Waals surface area contributed by atoms with Gasteiger partial charge in [-0.15, -0.1) is 0 Å². The summed E-state index contributed by atoms with van der Waals surface area (Å²) >= 11 is 0. The van der Waals surface area contributed by atoms with Gasteiger partial charge in [-0.2, -0.15) is 0 Å². The zero-order valence-electron chi connectivity index (χ0n) is 10.3. The van der Waals surface area contributed by atoms with Crippen LogP contribution in [0.5, 0.6) is 5.75 Å². The summed E-state index contributed by atoms with van der Waals surface area (Å²) in [6.45, 7) is 1.27. The van der Waals surface area contributed by atoms with Gasteiger partial charge in [0.05, 0.1) is 6.04 Å². The second-order valence-corrected chi connectivity index (χ2v) is 3.64. The van der Waals surface area contributed by atoms with Crippen LogP contribution in [0.2, 0.25) is 0 Å². The molecule has 1 aromatic carbocycles. The summed E-state index contributed by atoms with van der Waals surface area (Å²) in [5, 5.41) is 0. The maximum Gasteiger partial charge on any atom is 0.302 e. The molecule has 0 heterocycles. The van der Waals surface area contributed by atoms with Crippen molar-refractivity contribution in [1.82, 2.24) is 0 Å². The van der Waals surface area contributed by atoms with Gasteiger partial charge < -0.3 is 19.9 Å². The molecule has 1 rings (SSSR count). The standard InChI is InChI=1S/C12H16FNO4/c1-8(15)17-6-11(14)10-5-9(13)3-4-12(10)18-7-16-2/h3-5,11H,6-7,14H2,1-2H3. The van der Waals surface area contributed by atoms with E-state index in [1.165, 1.54) is 32.2 Å². The van der Waals surface area contributed by atoms with Gasteiger partial charge in [0, 0.05) is 19.6 Å². The molecule has 0 bridgehead atoms. The van der Waals surface area contributed by atoms with Gasteiger partial charge in [-0.05, 0) is 18.2 Å². The molecule has 18 heavy (non-hydrogen) atoms. The van der Waals surface area contributed by atoms with Gasteiger partial charge in [0.15, 0.2) is 6.79 Å². The maximum atomic E-state index is 13.2. The molecule has 2 N–H and O–H groups in total. The predicted octanol–water partition coefficient (Wildman–Crippen LogP) is 1.37. The van der Waals surface area contributed by atoms with Gasteiger partial charge in [0.25, 0.3) is 0 Å². The van der Waals surface area contributed by atoms with E-state index >= 15 is 0 Å². The maximum absolute atomic E-state index is 13.2. The smallest absolute Gasteiger partial charge is 0.302 e. The third-order valence-electron chi connectivity index (χ3n) is 2.17. The molecule has 0 spiro atoms. The van der Waals surface area contributed by atoms with Crippen molar-refractivity contribution in [2.75, 3.05) is 20.5 Å². The summed E-state index contributed by atoms with van der Waals surface area (Å²) in [5.41, 5.74) is 6.24. The minimum Gasteiger partial charge on any atom is -0.467 e. The lowest BCUT2D eigenvalue weighted by Gasteiger charge is -2.16. The Labute approximate surface area is 105 Å². The second kappa shape index (κ2) is 6.93. The number of nitrogens with two attached hydrogens (primary N) is 1. The van der Waals surface area contributed by atoms with E-state index in [1.54, 1.807) is 0 Å². The van der Waals surface area contributed by atoms with Gasteiger partial charge in [-0.3, -0.25) is 4.79 Å². The van der Waals surface area contributed by atoms with Crippen molar-refractivity contribution in [2.45, 2.75) is 13.0 Å². The van der Waals surface area contributed by atoms with Crippen LogP contribution in [0, 0.1) is 5.82 Å². The molecule has 6 heteroatoms. The Bertz CT molecular complexity index is 411. The summed E-state index contributed by atoms with van der Waals surface area (Å²) in [6, 6.07) is 3.31. The number of esters is 1. The predicted molar refractivity (Wildman–Crippen MR) is 62.5 cm³/mol. The lowest BCUT2D eigenvalue weighted by molar-refractivity contribution is -0.141. The average molecular weight is 257 g/mol. The fourth-order valence-corrected chi connectivity index (χ4v) is 1.36. The molecule has 0 radical (unpaired) electrons. The van der Waals surface area contributed by atoms with E-state index < -0.39 is 17.8 Å². The second-order valence-electron chi connectivity index (χ2n) is 3.64. The molecule has 1 atom stereocenters. The molecule has 0 saturated carbocycles. The molecular weight excluding hydrogens is 241 g/mol. The molecule has 1 unspecified atom stereocenters. The van der Waals surface area contributed by atoms with Gasteiger partial charge in [0.2, 0.25) is 0 Å². The summed E-state index contributed by atoms with van der Waals surface area (Å²) in [5.74, 6) is -0.479. The summed E-state index contributed by atoms with van der Waals surface area (Å²) in [6.07, 6.45) is 0. The van der Waals surface area contributed by atoms with Crippen molar-refractivity contribution in [3.8, 4) is 5.75 Å². The first-order valence-corrected chi connectivity index (χ1v) is 5.34. The molecule has 0 aromatic heterocycles. The van der Waals surface area contributed by atoms with Gasteiger partial charge in [-0.25, -0.2) is 4.39 Å². The molecular formula is C12H16FNO4. The Morgan fingerprint density at radius 1 is 1.50 bits per heavy atom. The monoisotopic (exact) mass is 257 g/mol. The minimum atomic E-state index is -0.656. The Hall–Kier alpha value is -1.66. The number of methoxy groups -OCH3 is 1. The van der Waals surface area contributed by atoms with E-state index in [9.17, 15) is 9.18 Å². The van der Waals surface area contributed by atoms with Crippen molar-refractivity contribution < 1.29 is 23.4 Å². The number of rotatable bonds is 6. The van der Waals surface area contributed by atoms with E-state index in [1.807, 2.05) is 0 Å². The Morgan fingerprint density at radius 2 is 2.22 bits per heavy atom. The van der Waals surface area contributed by atoms with E-state index in [-0.39, 0.29) is 13.4 Å². The number of hydrogen-bond acceptors (Lipinski definition) is 5. The molecule has 0 saturated heterocycles. The van der Waals surface area contributed by atoms with Crippen molar-refractivity contribution in [3.63, 3.8) is 0 Å². The van der Waals surface area contributed by atoms with Crippen LogP contribution >= 0.6 is 0 Å². The van der Waals surface area contributed by atoms with Crippen LogP contribution in [0.3, 0.4) is 0 Å². The highest BCUT2D eigenvalue weighted by Crippen LogP contribution is 2.25. The fourth-order valence-electron chi connectivity index (χ4n) is 1.36. The molecule has 100 valence electrons. The highest BCUT2D eigenvalue weighted by Gasteiger charge is 2.15. The molecule has 0 amide bonds. The number of hydrogen-bond donors (Lipinski definition) is 1. The van der Waals surface area contributed by atoms with Gasteiger partial charge in [0.1, 0.15) is 18.2 Å². The molecule has 0 aliphatic heterocycles. The first kappa shape index (κ1) is 14.4. The molecule has 0 aliphatic rings. The van der Waals surface area contributed by atoms with E-state index in [0.29, 0.717) is 11.3 Å². The lowest BCUT2D eigenvalue weighted by Crippen LogP contribution is -2.20. The van der Waals surface area contributed by atoms with Crippen molar-refractivity contribution in [2.24, 2.45) is 5.73 Å². The van der Waals surface area contributed by atoms with E-state index in [4.69, 9.17) is 19.9 Å². The van der Waals surface area contributed by atoms with Crippen LogP contribution in [0.4, 0.5) is 4.39 Å². The Morgan fingerprint density at radius 3 is 2.83 bits per heavy atom. The van der Waals surface area contributed by atoms with Crippen LogP contribution < -0.4 is 10.5 Å². The summed E-state index contributed by atoms with van der Waals surface area (Å²) in [4.78, 5) is 10.7. The minimum absolute atomic E-state index is 0.0267. The molecule has 1 aromatic rings. The Kier molecular flexibility index (Phi) is 5.54. The number of ether oxygens (including phenoxy) is 3. The van der Waals surface area contributed by atoms with Crippen LogP contribution in [0.25, 0.3) is 0 Å². The van der Waals surface area contributed by atoms with E-state index in [0.717, 1.165) is 0 Å². The number of carbonyl (C=O) groups excluding carboxylic acids is 1. The SMILES string of the molecule is COCOc1ccc(F)cc1C(N)COC(C)=O. The number of benzene rings is 1. The third kappa shape index (κ3) is 4.31. The first-order valence-electron chi connectivity index (χ1n) is 5.34. The fraction of sp³-hybridized carbons (Fsp3) is 0.417. The molecule has 0 fully saturated rings. The lowest BCUT2D eigenvalue weighted by atomic mass is 10.1. The van der Waals surface area contributed by atoms with Crippen LogP contribution in [-0.2, 0) is 14.3 Å².